The van der Waals surface area contributed by atoms with Gasteiger partial charge in [-0.25, -0.2) is 4.98 Å². The Morgan fingerprint density at radius 3 is 2.57 bits per heavy atom. The van der Waals surface area contributed by atoms with E-state index in [4.69, 9.17) is 9.40 Å². The van der Waals surface area contributed by atoms with Crippen molar-refractivity contribution in [2.45, 2.75) is 0 Å². The van der Waals surface area contributed by atoms with Crippen LogP contribution < -0.4 is 5.32 Å². The first kappa shape index (κ1) is 14.0. The van der Waals surface area contributed by atoms with E-state index in [0.29, 0.717) is 5.71 Å². The molecule has 0 unspecified atom stereocenters. The van der Waals surface area contributed by atoms with Gasteiger partial charge in [0, 0.05) is 23.9 Å². The SMILES string of the molecule is CN(C)CCNc1c2ccccc2nc2oc3ccccc3c12. The average molecular weight is 305 g/mol. The number of rotatable bonds is 4. The number of para-hydroxylation sites is 2. The van der Waals surface area contributed by atoms with Crippen LogP contribution in [0.25, 0.3) is 33.0 Å². The Hall–Kier alpha value is -2.59. The lowest BCUT2D eigenvalue weighted by molar-refractivity contribution is 0.425. The van der Waals surface area contributed by atoms with Gasteiger partial charge in [0.2, 0.25) is 5.71 Å². The summed E-state index contributed by atoms with van der Waals surface area (Å²) in [6.45, 7) is 1.84. The molecule has 4 aromatic rings. The van der Waals surface area contributed by atoms with Crippen molar-refractivity contribution in [3.63, 3.8) is 0 Å². The molecular formula is C19H19N3O. The molecule has 23 heavy (non-hydrogen) atoms. The number of benzene rings is 2. The van der Waals surface area contributed by atoms with Crippen LogP contribution in [-0.2, 0) is 0 Å². The van der Waals surface area contributed by atoms with Gasteiger partial charge in [0.25, 0.3) is 0 Å². The van der Waals surface area contributed by atoms with Crippen molar-refractivity contribution in [2.24, 2.45) is 0 Å². The molecule has 0 spiro atoms. The lowest BCUT2D eigenvalue weighted by atomic mass is 10.1. The van der Waals surface area contributed by atoms with E-state index in [0.717, 1.165) is 46.0 Å². The highest BCUT2D eigenvalue weighted by Gasteiger charge is 2.15. The van der Waals surface area contributed by atoms with E-state index < -0.39 is 0 Å². The molecule has 0 fully saturated rings. The summed E-state index contributed by atoms with van der Waals surface area (Å²) in [6.07, 6.45) is 0. The minimum atomic E-state index is 0.692. The van der Waals surface area contributed by atoms with Crippen LogP contribution in [0.2, 0.25) is 0 Å². The van der Waals surface area contributed by atoms with Crippen LogP contribution in [0.3, 0.4) is 0 Å². The maximum Gasteiger partial charge on any atom is 0.229 e. The molecule has 0 aliphatic rings. The molecule has 2 aromatic heterocycles. The minimum absolute atomic E-state index is 0.692. The third-order valence-electron chi connectivity index (χ3n) is 4.08. The average Bonchev–Trinajstić information content (AvgIpc) is 2.92. The van der Waals surface area contributed by atoms with Gasteiger partial charge in [-0.1, -0.05) is 36.4 Å². The van der Waals surface area contributed by atoms with Crippen molar-refractivity contribution < 1.29 is 4.42 Å². The molecule has 0 aliphatic carbocycles. The first-order valence-electron chi connectivity index (χ1n) is 7.82. The summed E-state index contributed by atoms with van der Waals surface area (Å²) in [5.74, 6) is 0. The second-order valence-corrected chi connectivity index (χ2v) is 6.01. The van der Waals surface area contributed by atoms with Gasteiger partial charge < -0.3 is 14.6 Å². The lowest BCUT2D eigenvalue weighted by Gasteiger charge is -2.14. The number of hydrogen-bond donors (Lipinski definition) is 1. The fourth-order valence-electron chi connectivity index (χ4n) is 2.97. The molecule has 0 radical (unpaired) electrons. The molecule has 0 amide bonds. The molecule has 4 nitrogen and oxygen atoms in total. The highest BCUT2D eigenvalue weighted by molar-refractivity contribution is 6.17. The summed E-state index contributed by atoms with van der Waals surface area (Å²) in [6, 6.07) is 16.3. The molecule has 0 saturated carbocycles. The highest BCUT2D eigenvalue weighted by atomic mass is 16.3. The Morgan fingerprint density at radius 1 is 1.00 bits per heavy atom. The van der Waals surface area contributed by atoms with E-state index >= 15 is 0 Å². The predicted octanol–water partition coefficient (Wildman–Crippen LogP) is 4.11. The van der Waals surface area contributed by atoms with Crippen LogP contribution in [0, 0.1) is 0 Å². The zero-order valence-electron chi connectivity index (χ0n) is 13.3. The van der Waals surface area contributed by atoms with Crippen LogP contribution in [0.4, 0.5) is 5.69 Å². The van der Waals surface area contributed by atoms with E-state index in [1.165, 1.54) is 0 Å². The third-order valence-corrected chi connectivity index (χ3v) is 4.08. The number of nitrogens with one attached hydrogen (secondary N) is 1. The fourth-order valence-corrected chi connectivity index (χ4v) is 2.97. The molecule has 1 N–H and O–H groups in total. The number of likely N-dealkylation sites (N-methyl/N-ethyl adjacent to an activating group) is 1. The molecule has 0 saturated heterocycles. The summed E-state index contributed by atoms with van der Waals surface area (Å²) in [5.41, 5.74) is 3.63. The summed E-state index contributed by atoms with van der Waals surface area (Å²) in [5, 5.41) is 6.90. The van der Waals surface area contributed by atoms with Gasteiger partial charge in [-0.05, 0) is 26.2 Å². The number of anilines is 1. The van der Waals surface area contributed by atoms with Gasteiger partial charge in [0.15, 0.2) is 0 Å². The Labute approximate surface area is 134 Å². The highest BCUT2D eigenvalue weighted by Crippen LogP contribution is 2.37. The van der Waals surface area contributed by atoms with E-state index in [2.05, 4.69) is 42.5 Å². The van der Waals surface area contributed by atoms with Crippen LogP contribution in [0.15, 0.2) is 52.9 Å². The van der Waals surface area contributed by atoms with Crippen molar-refractivity contribution in [1.82, 2.24) is 9.88 Å². The number of nitrogens with zero attached hydrogens (tertiary/aromatic N) is 2. The maximum absolute atomic E-state index is 5.97. The number of furan rings is 1. The second kappa shape index (κ2) is 5.56. The molecule has 4 heteroatoms. The van der Waals surface area contributed by atoms with Crippen molar-refractivity contribution in [3.8, 4) is 0 Å². The normalized spacial score (nSPS) is 11.8. The first-order chi connectivity index (χ1) is 11.2. The smallest absolute Gasteiger partial charge is 0.229 e. The van der Waals surface area contributed by atoms with Crippen molar-refractivity contribution in [3.05, 3.63) is 48.5 Å². The van der Waals surface area contributed by atoms with Crippen LogP contribution in [0.5, 0.6) is 0 Å². The molecule has 116 valence electrons. The van der Waals surface area contributed by atoms with Crippen LogP contribution in [0.1, 0.15) is 0 Å². The maximum atomic E-state index is 5.97. The monoisotopic (exact) mass is 305 g/mol. The van der Waals surface area contributed by atoms with E-state index in [-0.39, 0.29) is 0 Å². The number of fused-ring (bicyclic) bond motifs is 4. The summed E-state index contributed by atoms with van der Waals surface area (Å²) >= 11 is 0. The van der Waals surface area contributed by atoms with Crippen LogP contribution >= 0.6 is 0 Å². The van der Waals surface area contributed by atoms with Crippen molar-refractivity contribution >= 4 is 38.7 Å². The second-order valence-electron chi connectivity index (χ2n) is 6.01. The third kappa shape index (κ3) is 2.41. The molecule has 2 aromatic carbocycles. The Balaban J connectivity index is 1.99. The predicted molar refractivity (Wildman–Crippen MR) is 96.1 cm³/mol. The van der Waals surface area contributed by atoms with E-state index in [9.17, 15) is 0 Å². The molecule has 0 aliphatic heterocycles. The Morgan fingerprint density at radius 2 is 1.74 bits per heavy atom. The number of hydrogen-bond acceptors (Lipinski definition) is 4. The largest absolute Gasteiger partial charge is 0.438 e. The minimum Gasteiger partial charge on any atom is -0.438 e. The Kier molecular flexibility index (Phi) is 3.39. The van der Waals surface area contributed by atoms with Crippen molar-refractivity contribution in [2.75, 3.05) is 32.5 Å². The van der Waals surface area contributed by atoms with E-state index in [1.54, 1.807) is 0 Å². The van der Waals surface area contributed by atoms with Gasteiger partial charge in [-0.15, -0.1) is 0 Å². The van der Waals surface area contributed by atoms with Gasteiger partial charge in [-0.2, -0.15) is 0 Å². The van der Waals surface area contributed by atoms with Gasteiger partial charge in [0.05, 0.1) is 16.6 Å². The molecule has 2 heterocycles. The molecule has 4 rings (SSSR count). The first-order valence-corrected chi connectivity index (χ1v) is 7.82. The summed E-state index contributed by atoms with van der Waals surface area (Å²) in [7, 11) is 4.16. The van der Waals surface area contributed by atoms with Crippen molar-refractivity contribution in [1.29, 1.82) is 0 Å². The molecule has 0 bridgehead atoms. The zero-order valence-corrected chi connectivity index (χ0v) is 13.3. The zero-order chi connectivity index (χ0) is 15.8. The van der Waals surface area contributed by atoms with Crippen LogP contribution in [-0.4, -0.2) is 37.1 Å². The lowest BCUT2D eigenvalue weighted by Crippen LogP contribution is -2.21. The van der Waals surface area contributed by atoms with Gasteiger partial charge >= 0.3 is 0 Å². The number of aromatic nitrogens is 1. The topological polar surface area (TPSA) is 41.3 Å². The summed E-state index contributed by atoms with van der Waals surface area (Å²) in [4.78, 5) is 6.87. The number of pyridine rings is 1. The quantitative estimate of drug-likeness (QED) is 0.616. The summed E-state index contributed by atoms with van der Waals surface area (Å²) < 4.78 is 5.97. The van der Waals surface area contributed by atoms with Gasteiger partial charge in [-0.3, -0.25) is 0 Å². The fraction of sp³-hybridized carbons (Fsp3) is 0.211. The Bertz CT molecular complexity index is 988. The molecular weight excluding hydrogens is 286 g/mol. The standard InChI is InChI=1S/C19H19N3O/c1-22(2)12-11-20-18-13-7-3-5-9-15(13)21-19-17(18)14-8-4-6-10-16(14)23-19/h3-10H,11-12H2,1-2H3,(H,20,21). The van der Waals surface area contributed by atoms with Gasteiger partial charge in [0.1, 0.15) is 5.58 Å². The van der Waals surface area contributed by atoms with E-state index in [1.807, 2.05) is 30.3 Å². The molecule has 0 atom stereocenters.